The average Bonchev–Trinajstić information content (AvgIpc) is 2.73. The van der Waals surface area contributed by atoms with E-state index < -0.39 is 0 Å². The van der Waals surface area contributed by atoms with E-state index in [1.165, 1.54) is 0 Å². The van der Waals surface area contributed by atoms with Crippen molar-refractivity contribution in [1.82, 2.24) is 10.2 Å². The molecule has 1 amide bonds. The number of nitrogens with zero attached hydrogens (tertiary/aromatic N) is 1. The monoisotopic (exact) mass is 276 g/mol. The van der Waals surface area contributed by atoms with E-state index in [1.807, 2.05) is 30.3 Å². The quantitative estimate of drug-likeness (QED) is 0.887. The third-order valence-electron chi connectivity index (χ3n) is 4.05. The van der Waals surface area contributed by atoms with Crippen LogP contribution in [0.5, 0.6) is 0 Å². The molecule has 0 aliphatic carbocycles. The van der Waals surface area contributed by atoms with Gasteiger partial charge in [-0.25, -0.2) is 4.79 Å². The van der Waals surface area contributed by atoms with Crippen molar-refractivity contribution in [3.8, 4) is 0 Å². The summed E-state index contributed by atoms with van der Waals surface area (Å²) < 4.78 is 11.0. The molecule has 1 N–H and O–H groups in total. The minimum Gasteiger partial charge on any atom is -0.445 e. The summed E-state index contributed by atoms with van der Waals surface area (Å²) in [5, 5.41) is 3.32. The number of hydrogen-bond donors (Lipinski definition) is 1. The van der Waals surface area contributed by atoms with Crippen LogP contribution in [-0.2, 0) is 16.1 Å². The Hall–Kier alpha value is -1.59. The normalized spacial score (nSPS) is 25.9. The van der Waals surface area contributed by atoms with Gasteiger partial charge < -0.3 is 14.8 Å². The van der Waals surface area contributed by atoms with Gasteiger partial charge in [-0.2, -0.15) is 0 Å². The molecule has 5 heteroatoms. The topological polar surface area (TPSA) is 50.8 Å². The molecule has 5 nitrogen and oxygen atoms in total. The molecule has 3 rings (SSSR count). The molecule has 1 aromatic carbocycles. The van der Waals surface area contributed by atoms with Gasteiger partial charge in [0.05, 0.1) is 18.8 Å². The van der Waals surface area contributed by atoms with Crippen LogP contribution in [0, 0.1) is 0 Å². The molecule has 2 saturated heterocycles. The van der Waals surface area contributed by atoms with Gasteiger partial charge in [0.25, 0.3) is 0 Å². The summed E-state index contributed by atoms with van der Waals surface area (Å²) in [5.41, 5.74) is 0.801. The molecule has 2 aliphatic rings. The maximum absolute atomic E-state index is 12.2. The molecule has 1 spiro atoms. The van der Waals surface area contributed by atoms with Gasteiger partial charge >= 0.3 is 6.09 Å². The van der Waals surface area contributed by atoms with Crippen LogP contribution < -0.4 is 5.32 Å². The second-order valence-corrected chi connectivity index (χ2v) is 5.40. The van der Waals surface area contributed by atoms with E-state index in [0.717, 1.165) is 31.6 Å². The SMILES string of the molecule is O=C(OCc1ccccc1)N1CCC12CNCCOC2. The van der Waals surface area contributed by atoms with E-state index in [9.17, 15) is 4.79 Å². The molecule has 20 heavy (non-hydrogen) atoms. The predicted molar refractivity (Wildman–Crippen MR) is 74.4 cm³/mol. The lowest BCUT2D eigenvalue weighted by atomic mass is 9.86. The summed E-state index contributed by atoms with van der Waals surface area (Å²) in [6.07, 6.45) is 0.730. The molecule has 2 fully saturated rings. The van der Waals surface area contributed by atoms with Crippen molar-refractivity contribution in [1.29, 1.82) is 0 Å². The van der Waals surface area contributed by atoms with Crippen LogP contribution in [0.2, 0.25) is 0 Å². The van der Waals surface area contributed by atoms with Gasteiger partial charge in [0.1, 0.15) is 6.61 Å². The number of nitrogens with one attached hydrogen (secondary N) is 1. The molecule has 1 atom stereocenters. The van der Waals surface area contributed by atoms with Crippen molar-refractivity contribution in [2.75, 3.05) is 32.8 Å². The lowest BCUT2D eigenvalue weighted by Gasteiger charge is -2.50. The van der Waals surface area contributed by atoms with Gasteiger partial charge in [-0.05, 0) is 12.0 Å². The fraction of sp³-hybridized carbons (Fsp3) is 0.533. The summed E-state index contributed by atoms with van der Waals surface area (Å²) in [6, 6.07) is 9.74. The molecule has 0 radical (unpaired) electrons. The fourth-order valence-electron chi connectivity index (χ4n) is 2.73. The zero-order chi connectivity index (χ0) is 13.8. The van der Waals surface area contributed by atoms with Crippen LogP contribution in [0.4, 0.5) is 4.79 Å². The number of hydrogen-bond acceptors (Lipinski definition) is 4. The molecule has 2 aliphatic heterocycles. The van der Waals surface area contributed by atoms with Crippen LogP contribution in [0.1, 0.15) is 12.0 Å². The summed E-state index contributed by atoms with van der Waals surface area (Å²) in [4.78, 5) is 14.0. The Morgan fingerprint density at radius 1 is 1.40 bits per heavy atom. The maximum Gasteiger partial charge on any atom is 0.410 e. The first kappa shape index (κ1) is 13.4. The van der Waals surface area contributed by atoms with E-state index in [1.54, 1.807) is 4.90 Å². The minimum absolute atomic E-state index is 0.204. The smallest absolute Gasteiger partial charge is 0.410 e. The molecule has 0 aromatic heterocycles. The standard InChI is InChI=1S/C15H20N2O3/c18-14(20-10-13-4-2-1-3-5-13)17-8-6-15(17)11-16-7-9-19-12-15/h1-5,16H,6-12H2. The van der Waals surface area contributed by atoms with Gasteiger partial charge in [0.2, 0.25) is 0 Å². The molecule has 108 valence electrons. The number of carbonyl (C=O) groups excluding carboxylic acids is 1. The summed E-state index contributed by atoms with van der Waals surface area (Å²) in [6.45, 7) is 4.00. The van der Waals surface area contributed by atoms with Crippen molar-refractivity contribution in [3.63, 3.8) is 0 Å². The van der Waals surface area contributed by atoms with Crippen molar-refractivity contribution < 1.29 is 14.3 Å². The Kier molecular flexibility index (Phi) is 3.89. The highest BCUT2D eigenvalue weighted by molar-refractivity contribution is 5.70. The second kappa shape index (κ2) is 5.81. The Bertz CT molecular complexity index is 455. The molecular formula is C15H20N2O3. The van der Waals surface area contributed by atoms with E-state index in [4.69, 9.17) is 9.47 Å². The van der Waals surface area contributed by atoms with Crippen molar-refractivity contribution in [2.45, 2.75) is 18.6 Å². The van der Waals surface area contributed by atoms with Gasteiger partial charge in [-0.1, -0.05) is 30.3 Å². The zero-order valence-corrected chi connectivity index (χ0v) is 11.5. The van der Waals surface area contributed by atoms with Gasteiger partial charge in [-0.15, -0.1) is 0 Å². The van der Waals surface area contributed by atoms with E-state index in [2.05, 4.69) is 5.32 Å². The number of carbonyl (C=O) groups is 1. The van der Waals surface area contributed by atoms with Crippen molar-refractivity contribution in [2.24, 2.45) is 0 Å². The lowest BCUT2D eigenvalue weighted by molar-refractivity contribution is -0.0542. The summed E-state index contributed by atoms with van der Waals surface area (Å²) in [5.74, 6) is 0. The zero-order valence-electron chi connectivity index (χ0n) is 11.5. The third kappa shape index (κ3) is 2.64. The number of amides is 1. The number of rotatable bonds is 2. The van der Waals surface area contributed by atoms with E-state index in [-0.39, 0.29) is 11.6 Å². The molecule has 2 heterocycles. The Morgan fingerprint density at radius 3 is 3.00 bits per heavy atom. The predicted octanol–water partition coefficient (Wildman–Crippen LogP) is 1.39. The molecule has 1 unspecified atom stereocenters. The van der Waals surface area contributed by atoms with Gasteiger partial charge in [0.15, 0.2) is 0 Å². The largest absolute Gasteiger partial charge is 0.445 e. The Labute approximate surface area is 118 Å². The number of ether oxygens (including phenoxy) is 2. The van der Waals surface area contributed by atoms with Crippen LogP contribution in [0.3, 0.4) is 0 Å². The first-order valence-corrected chi connectivity index (χ1v) is 7.07. The fourth-order valence-corrected chi connectivity index (χ4v) is 2.73. The Morgan fingerprint density at radius 2 is 2.25 bits per heavy atom. The van der Waals surface area contributed by atoms with Crippen molar-refractivity contribution in [3.05, 3.63) is 35.9 Å². The molecule has 0 saturated carbocycles. The average molecular weight is 276 g/mol. The van der Waals surface area contributed by atoms with Crippen LogP contribution in [-0.4, -0.2) is 49.4 Å². The molecular weight excluding hydrogens is 256 g/mol. The van der Waals surface area contributed by atoms with E-state index in [0.29, 0.717) is 19.8 Å². The third-order valence-corrected chi connectivity index (χ3v) is 4.05. The number of likely N-dealkylation sites (tertiary alicyclic amines) is 1. The Balaban J connectivity index is 1.57. The van der Waals surface area contributed by atoms with E-state index >= 15 is 0 Å². The van der Waals surface area contributed by atoms with Crippen LogP contribution in [0.15, 0.2) is 30.3 Å². The van der Waals surface area contributed by atoms with Crippen molar-refractivity contribution >= 4 is 6.09 Å². The minimum atomic E-state index is -0.243. The first-order valence-electron chi connectivity index (χ1n) is 7.07. The highest BCUT2D eigenvalue weighted by Gasteiger charge is 2.48. The van der Waals surface area contributed by atoms with Gasteiger partial charge in [-0.3, -0.25) is 4.90 Å². The highest BCUT2D eigenvalue weighted by Crippen LogP contribution is 2.32. The van der Waals surface area contributed by atoms with Crippen LogP contribution in [0.25, 0.3) is 0 Å². The summed E-state index contributed by atoms with van der Waals surface area (Å²) >= 11 is 0. The first-order chi connectivity index (χ1) is 9.80. The number of benzene rings is 1. The maximum atomic E-state index is 12.2. The second-order valence-electron chi connectivity index (χ2n) is 5.40. The molecule has 0 bridgehead atoms. The summed E-state index contributed by atoms with van der Waals surface area (Å²) in [7, 11) is 0. The highest BCUT2D eigenvalue weighted by atomic mass is 16.6. The molecule has 1 aromatic rings. The lowest BCUT2D eigenvalue weighted by Crippen LogP contribution is -2.67. The van der Waals surface area contributed by atoms with Gasteiger partial charge in [0, 0.05) is 19.6 Å². The van der Waals surface area contributed by atoms with Crippen LogP contribution >= 0.6 is 0 Å².